The van der Waals surface area contributed by atoms with E-state index in [9.17, 15) is 0 Å². The molecule has 0 saturated carbocycles. The topological polar surface area (TPSA) is 38.7 Å². The lowest BCUT2D eigenvalue weighted by Gasteiger charge is -2.12. The molecule has 0 aliphatic rings. The second kappa shape index (κ2) is 9.55. The van der Waals surface area contributed by atoms with Crippen molar-refractivity contribution in [2.24, 2.45) is 0 Å². The van der Waals surface area contributed by atoms with Crippen LogP contribution in [0, 0.1) is 0 Å². The first-order chi connectivity index (χ1) is 21.3. The highest BCUT2D eigenvalue weighted by Crippen LogP contribution is 2.44. The van der Waals surface area contributed by atoms with Gasteiger partial charge in [-0.3, -0.25) is 0 Å². The number of nitrogens with zero attached hydrogens (tertiary/aromatic N) is 3. The van der Waals surface area contributed by atoms with Crippen LogP contribution in [-0.4, -0.2) is 15.0 Å². The number of fused-ring (bicyclic) bond motifs is 8. The van der Waals surface area contributed by atoms with Crippen molar-refractivity contribution in [2.45, 2.75) is 0 Å². The van der Waals surface area contributed by atoms with Crippen molar-refractivity contribution in [3.8, 4) is 33.9 Å². The fourth-order valence-electron chi connectivity index (χ4n) is 6.29. The van der Waals surface area contributed by atoms with Crippen LogP contribution in [-0.2, 0) is 0 Å². The van der Waals surface area contributed by atoms with Crippen LogP contribution in [0.5, 0.6) is 0 Å². The van der Waals surface area contributed by atoms with E-state index >= 15 is 0 Å². The van der Waals surface area contributed by atoms with Gasteiger partial charge in [0.25, 0.3) is 0 Å². The Balaban J connectivity index is 1.38. The van der Waals surface area contributed by atoms with Crippen molar-refractivity contribution in [1.82, 2.24) is 15.0 Å². The van der Waals surface area contributed by atoms with Gasteiger partial charge in [0.15, 0.2) is 5.82 Å². The lowest BCUT2D eigenvalue weighted by atomic mass is 9.95. The molecule has 0 spiro atoms. The molecule has 9 aromatic rings. The molecule has 0 aliphatic heterocycles. The van der Waals surface area contributed by atoms with E-state index in [0.29, 0.717) is 0 Å². The first kappa shape index (κ1) is 24.2. The van der Waals surface area contributed by atoms with Gasteiger partial charge < -0.3 is 0 Å². The molecule has 3 aromatic heterocycles. The Kier molecular flexibility index (Phi) is 5.37. The summed E-state index contributed by atoms with van der Waals surface area (Å²) < 4.78 is 2.53. The van der Waals surface area contributed by atoms with Gasteiger partial charge in [0, 0.05) is 58.4 Å². The molecule has 0 unspecified atom stereocenters. The van der Waals surface area contributed by atoms with E-state index in [-0.39, 0.29) is 0 Å². The average Bonchev–Trinajstić information content (AvgIpc) is 3.46. The summed E-state index contributed by atoms with van der Waals surface area (Å²) in [6.07, 6.45) is 0. The summed E-state index contributed by atoms with van der Waals surface area (Å²) in [5.74, 6) is 0.736. The van der Waals surface area contributed by atoms with Crippen molar-refractivity contribution in [1.29, 1.82) is 0 Å². The fourth-order valence-corrected chi connectivity index (χ4v) is 7.38. The van der Waals surface area contributed by atoms with Gasteiger partial charge >= 0.3 is 0 Å². The summed E-state index contributed by atoms with van der Waals surface area (Å²) in [5, 5.41) is 7.15. The quantitative estimate of drug-likeness (QED) is 0.200. The highest BCUT2D eigenvalue weighted by Gasteiger charge is 2.18. The second-order valence-electron chi connectivity index (χ2n) is 10.8. The van der Waals surface area contributed by atoms with Crippen LogP contribution in [0.1, 0.15) is 0 Å². The molecule has 200 valence electrons. The molecule has 4 heteroatoms. The molecule has 0 atom stereocenters. The van der Waals surface area contributed by atoms with Crippen LogP contribution in [0.2, 0.25) is 0 Å². The van der Waals surface area contributed by atoms with E-state index in [1.54, 1.807) is 0 Å². The first-order valence-electron chi connectivity index (χ1n) is 14.4. The Labute approximate surface area is 251 Å². The minimum atomic E-state index is 0.736. The number of benzene rings is 6. The van der Waals surface area contributed by atoms with Crippen LogP contribution in [0.4, 0.5) is 0 Å². The van der Waals surface area contributed by atoms with Crippen molar-refractivity contribution < 1.29 is 0 Å². The molecule has 6 aromatic carbocycles. The minimum Gasteiger partial charge on any atom is -0.247 e. The van der Waals surface area contributed by atoms with Gasteiger partial charge in [-0.15, -0.1) is 11.3 Å². The van der Waals surface area contributed by atoms with E-state index in [1.807, 2.05) is 35.6 Å². The van der Waals surface area contributed by atoms with Crippen LogP contribution in [0.15, 0.2) is 140 Å². The number of aromatic nitrogens is 3. The highest BCUT2D eigenvalue weighted by molar-refractivity contribution is 7.26. The van der Waals surface area contributed by atoms with E-state index in [4.69, 9.17) is 15.0 Å². The highest BCUT2D eigenvalue weighted by atomic mass is 32.1. The Morgan fingerprint density at radius 2 is 1.00 bits per heavy atom. The van der Waals surface area contributed by atoms with Crippen LogP contribution in [0.3, 0.4) is 0 Å². The summed E-state index contributed by atoms with van der Waals surface area (Å²) in [4.78, 5) is 15.3. The minimum absolute atomic E-state index is 0.736. The smallest absolute Gasteiger partial charge is 0.160 e. The van der Waals surface area contributed by atoms with Crippen LogP contribution in [0.25, 0.3) is 86.7 Å². The zero-order chi connectivity index (χ0) is 28.3. The average molecular weight is 566 g/mol. The molecule has 9 rings (SSSR count). The molecule has 0 aliphatic carbocycles. The number of pyridine rings is 1. The normalized spacial score (nSPS) is 11.7. The number of para-hydroxylation sites is 2. The van der Waals surface area contributed by atoms with Crippen molar-refractivity contribution in [2.75, 3.05) is 0 Å². The molecule has 0 fully saturated rings. The van der Waals surface area contributed by atoms with Gasteiger partial charge in [-0.2, -0.15) is 0 Å². The molecule has 0 bridgehead atoms. The Morgan fingerprint density at radius 1 is 0.372 bits per heavy atom. The van der Waals surface area contributed by atoms with Gasteiger partial charge in [0.05, 0.1) is 22.4 Å². The lowest BCUT2D eigenvalue weighted by Crippen LogP contribution is -1.95. The monoisotopic (exact) mass is 565 g/mol. The van der Waals surface area contributed by atoms with E-state index in [1.165, 1.54) is 36.3 Å². The summed E-state index contributed by atoms with van der Waals surface area (Å²) in [7, 11) is 0. The molecule has 0 radical (unpaired) electrons. The molecular formula is C39H23N3S. The largest absolute Gasteiger partial charge is 0.247 e. The maximum Gasteiger partial charge on any atom is 0.160 e. The van der Waals surface area contributed by atoms with Crippen LogP contribution >= 0.6 is 11.3 Å². The Bertz CT molecular complexity index is 2500. The third-order valence-electron chi connectivity index (χ3n) is 8.25. The Morgan fingerprint density at radius 3 is 1.79 bits per heavy atom. The molecule has 43 heavy (non-hydrogen) atoms. The molecule has 0 saturated heterocycles. The maximum absolute atomic E-state index is 5.17. The molecule has 3 nitrogen and oxygen atoms in total. The van der Waals surface area contributed by atoms with Gasteiger partial charge in [-0.05, 0) is 30.3 Å². The van der Waals surface area contributed by atoms with Crippen molar-refractivity contribution >= 4 is 64.1 Å². The third-order valence-corrected chi connectivity index (χ3v) is 9.39. The predicted molar refractivity (Wildman–Crippen MR) is 182 cm³/mol. The number of thiophene rings is 1. The SMILES string of the molecule is c1ccc(-c2nc(-c3ccc4sc5ccc6c(-c7ccccc7)nc7ccccc7c6c5c4c3)c3ccccc3n2)cc1. The summed E-state index contributed by atoms with van der Waals surface area (Å²) in [6.45, 7) is 0. The lowest BCUT2D eigenvalue weighted by molar-refractivity contribution is 1.23. The maximum atomic E-state index is 5.17. The molecular weight excluding hydrogens is 543 g/mol. The van der Waals surface area contributed by atoms with Gasteiger partial charge in [-0.1, -0.05) is 109 Å². The summed E-state index contributed by atoms with van der Waals surface area (Å²) >= 11 is 1.84. The molecule has 0 N–H and O–H groups in total. The Hall–Kier alpha value is -5.45. The predicted octanol–water partition coefficient (Wildman–Crippen LogP) is 10.7. The van der Waals surface area contributed by atoms with Gasteiger partial charge in [0.2, 0.25) is 0 Å². The number of hydrogen-bond donors (Lipinski definition) is 0. The van der Waals surface area contributed by atoms with Crippen molar-refractivity contribution in [3.63, 3.8) is 0 Å². The van der Waals surface area contributed by atoms with Gasteiger partial charge in [0.1, 0.15) is 0 Å². The zero-order valence-electron chi connectivity index (χ0n) is 23.0. The first-order valence-corrected chi connectivity index (χ1v) is 15.2. The summed E-state index contributed by atoms with van der Waals surface area (Å²) in [6, 6.07) is 48.9. The summed E-state index contributed by atoms with van der Waals surface area (Å²) in [5.41, 5.74) is 7.13. The van der Waals surface area contributed by atoms with E-state index in [2.05, 4.69) is 115 Å². The second-order valence-corrected chi connectivity index (χ2v) is 11.9. The standard InChI is InChI=1S/C39H23N3S/c1-3-11-24(12-4-1)37-29-20-22-34-36(35(29)27-15-7-9-17-31(27)40-37)30-23-26(19-21-33(30)43-34)38-28-16-8-10-18-32(28)41-39(42-38)25-13-5-2-6-14-25/h1-23H. The molecule has 0 amide bonds. The van der Waals surface area contributed by atoms with Crippen LogP contribution < -0.4 is 0 Å². The number of rotatable bonds is 3. The van der Waals surface area contributed by atoms with Crippen molar-refractivity contribution in [3.05, 3.63) is 140 Å². The zero-order valence-corrected chi connectivity index (χ0v) is 23.8. The number of hydrogen-bond acceptors (Lipinski definition) is 4. The van der Waals surface area contributed by atoms with Gasteiger partial charge in [-0.25, -0.2) is 15.0 Å². The third kappa shape index (κ3) is 3.84. The van der Waals surface area contributed by atoms with E-state index < -0.39 is 0 Å². The fraction of sp³-hybridized carbons (Fsp3) is 0. The van der Waals surface area contributed by atoms with E-state index in [0.717, 1.165) is 50.3 Å². The molecule has 3 heterocycles.